The molecule has 2 nitrogen and oxygen atoms in total. The normalized spacial score (nSPS) is 43.5. The Hall–Kier alpha value is -0.370. The first-order valence-electron chi connectivity index (χ1n) is 4.58. The number of hydrogen-bond acceptors (Lipinski definition) is 2. The van der Waals surface area contributed by atoms with Crippen LogP contribution in [-0.2, 0) is 4.79 Å². The molecule has 1 saturated carbocycles. The van der Waals surface area contributed by atoms with Crippen LogP contribution >= 0.6 is 0 Å². The van der Waals surface area contributed by atoms with E-state index < -0.39 is 0 Å². The smallest absolute Gasteiger partial charge is 0.123 e. The lowest BCUT2D eigenvalue weighted by Gasteiger charge is -2.22. The zero-order valence-corrected chi connectivity index (χ0v) is 6.75. The van der Waals surface area contributed by atoms with Gasteiger partial charge >= 0.3 is 0 Å². The van der Waals surface area contributed by atoms with Crippen LogP contribution in [0.4, 0.5) is 0 Å². The van der Waals surface area contributed by atoms with Gasteiger partial charge in [0.15, 0.2) is 0 Å². The highest BCUT2D eigenvalue weighted by molar-refractivity contribution is 5.58. The highest BCUT2D eigenvalue weighted by Gasteiger charge is 2.42. The molecule has 1 aliphatic heterocycles. The quantitative estimate of drug-likeness (QED) is 0.595. The van der Waals surface area contributed by atoms with Crippen LogP contribution in [0.3, 0.4) is 0 Å². The molecule has 2 heteroatoms. The lowest BCUT2D eigenvalue weighted by Crippen LogP contribution is -2.31. The highest BCUT2D eigenvalue weighted by Crippen LogP contribution is 2.44. The first-order valence-corrected chi connectivity index (χ1v) is 4.58. The third kappa shape index (κ3) is 1.45. The molecule has 3 atom stereocenters. The summed E-state index contributed by atoms with van der Waals surface area (Å²) in [4.78, 5) is 10.4. The summed E-state index contributed by atoms with van der Waals surface area (Å²) in [5.74, 6) is 1.96. The second-order valence-corrected chi connectivity index (χ2v) is 3.81. The second-order valence-electron chi connectivity index (χ2n) is 3.81. The lowest BCUT2D eigenvalue weighted by molar-refractivity contribution is -0.109. The van der Waals surface area contributed by atoms with E-state index in [9.17, 15) is 4.79 Å². The standard InChI is InChI=1S/C9H15NO/c11-6-8-4-9(8)7-2-1-3-10-5-7/h6-10H,1-5H2. The molecule has 2 aliphatic rings. The fourth-order valence-corrected chi connectivity index (χ4v) is 2.18. The first-order chi connectivity index (χ1) is 5.42. The minimum atomic E-state index is 0.417. The number of nitrogens with one attached hydrogen (secondary N) is 1. The van der Waals surface area contributed by atoms with E-state index in [4.69, 9.17) is 0 Å². The molecule has 1 saturated heterocycles. The number of piperidine rings is 1. The maximum Gasteiger partial charge on any atom is 0.123 e. The molecule has 1 heterocycles. The van der Waals surface area contributed by atoms with Crippen LogP contribution in [0.2, 0.25) is 0 Å². The van der Waals surface area contributed by atoms with Crippen LogP contribution in [0, 0.1) is 17.8 Å². The molecule has 0 amide bonds. The summed E-state index contributed by atoms with van der Waals surface area (Å²) in [7, 11) is 0. The van der Waals surface area contributed by atoms with E-state index in [-0.39, 0.29) is 0 Å². The van der Waals surface area contributed by atoms with Crippen molar-refractivity contribution in [1.29, 1.82) is 0 Å². The summed E-state index contributed by atoms with van der Waals surface area (Å²) < 4.78 is 0. The van der Waals surface area contributed by atoms with Gasteiger partial charge in [-0.1, -0.05) is 0 Å². The molecule has 2 rings (SSSR count). The van der Waals surface area contributed by atoms with Gasteiger partial charge in [0, 0.05) is 5.92 Å². The lowest BCUT2D eigenvalue weighted by atomic mass is 9.94. The van der Waals surface area contributed by atoms with Gasteiger partial charge in [-0.15, -0.1) is 0 Å². The topological polar surface area (TPSA) is 29.1 Å². The largest absolute Gasteiger partial charge is 0.316 e. The maximum atomic E-state index is 10.4. The molecular formula is C9H15NO. The van der Waals surface area contributed by atoms with E-state index >= 15 is 0 Å². The van der Waals surface area contributed by atoms with E-state index in [1.807, 2.05) is 0 Å². The molecule has 1 N–H and O–H groups in total. The van der Waals surface area contributed by atoms with Crippen molar-refractivity contribution in [2.24, 2.45) is 17.8 Å². The average Bonchev–Trinajstić information content (AvgIpc) is 2.85. The molecule has 0 bridgehead atoms. The predicted octanol–water partition coefficient (Wildman–Crippen LogP) is 0.821. The molecule has 11 heavy (non-hydrogen) atoms. The fraction of sp³-hybridized carbons (Fsp3) is 0.889. The number of hydrogen-bond donors (Lipinski definition) is 1. The predicted molar refractivity (Wildman–Crippen MR) is 43.3 cm³/mol. The third-order valence-corrected chi connectivity index (χ3v) is 3.01. The van der Waals surface area contributed by atoms with Crippen molar-refractivity contribution in [3.63, 3.8) is 0 Å². The Bertz CT molecular complexity index is 152. The summed E-state index contributed by atoms with van der Waals surface area (Å²) in [6.07, 6.45) is 4.93. The third-order valence-electron chi connectivity index (χ3n) is 3.01. The van der Waals surface area contributed by atoms with Crippen molar-refractivity contribution in [3.8, 4) is 0 Å². The summed E-state index contributed by atoms with van der Waals surface area (Å²) in [5.41, 5.74) is 0. The minimum absolute atomic E-state index is 0.417. The van der Waals surface area contributed by atoms with Gasteiger partial charge in [0.25, 0.3) is 0 Å². The summed E-state index contributed by atoms with van der Waals surface area (Å²) in [6, 6.07) is 0. The average molecular weight is 153 g/mol. The molecule has 62 valence electrons. The number of rotatable bonds is 2. The summed E-state index contributed by atoms with van der Waals surface area (Å²) in [5, 5.41) is 3.38. The molecule has 2 fully saturated rings. The van der Waals surface area contributed by atoms with Gasteiger partial charge < -0.3 is 10.1 Å². The van der Waals surface area contributed by atoms with Crippen LogP contribution in [-0.4, -0.2) is 19.4 Å². The van der Waals surface area contributed by atoms with Crippen LogP contribution < -0.4 is 5.32 Å². The van der Waals surface area contributed by atoms with Gasteiger partial charge in [-0.25, -0.2) is 0 Å². The van der Waals surface area contributed by atoms with Crippen molar-refractivity contribution in [2.45, 2.75) is 19.3 Å². The Morgan fingerprint density at radius 1 is 1.45 bits per heavy atom. The van der Waals surface area contributed by atoms with Crippen molar-refractivity contribution >= 4 is 6.29 Å². The molecule has 3 unspecified atom stereocenters. The van der Waals surface area contributed by atoms with E-state index in [1.54, 1.807) is 0 Å². The molecule has 0 spiro atoms. The van der Waals surface area contributed by atoms with Gasteiger partial charge in [-0.05, 0) is 44.2 Å². The fourth-order valence-electron chi connectivity index (χ4n) is 2.18. The molecule has 0 aromatic carbocycles. The van der Waals surface area contributed by atoms with Crippen molar-refractivity contribution < 1.29 is 4.79 Å². The van der Waals surface area contributed by atoms with Crippen molar-refractivity contribution in [1.82, 2.24) is 5.32 Å². The Balaban J connectivity index is 1.81. The van der Waals surface area contributed by atoms with E-state index in [1.165, 1.54) is 19.4 Å². The number of carbonyl (C=O) groups is 1. The highest BCUT2D eigenvalue weighted by atomic mass is 16.1. The van der Waals surface area contributed by atoms with E-state index in [2.05, 4.69) is 5.32 Å². The molecular weight excluding hydrogens is 138 g/mol. The monoisotopic (exact) mass is 153 g/mol. The summed E-state index contributed by atoms with van der Waals surface area (Å²) in [6.45, 7) is 2.32. The van der Waals surface area contributed by atoms with Crippen LogP contribution in [0.1, 0.15) is 19.3 Å². The van der Waals surface area contributed by atoms with Gasteiger partial charge in [0.2, 0.25) is 0 Å². The van der Waals surface area contributed by atoms with Gasteiger partial charge in [-0.3, -0.25) is 0 Å². The maximum absolute atomic E-state index is 10.4. The first kappa shape index (κ1) is 7.29. The van der Waals surface area contributed by atoms with Crippen LogP contribution in [0.5, 0.6) is 0 Å². The van der Waals surface area contributed by atoms with Crippen molar-refractivity contribution in [3.05, 3.63) is 0 Å². The van der Waals surface area contributed by atoms with Gasteiger partial charge in [-0.2, -0.15) is 0 Å². The minimum Gasteiger partial charge on any atom is -0.316 e. The van der Waals surface area contributed by atoms with Crippen LogP contribution in [0.25, 0.3) is 0 Å². The molecule has 1 aliphatic carbocycles. The SMILES string of the molecule is O=CC1CC1C1CCCNC1. The van der Waals surface area contributed by atoms with E-state index in [0.29, 0.717) is 5.92 Å². The van der Waals surface area contributed by atoms with Gasteiger partial charge in [0.1, 0.15) is 6.29 Å². The Morgan fingerprint density at radius 2 is 2.36 bits per heavy atom. The molecule has 0 radical (unpaired) electrons. The Labute approximate surface area is 67.4 Å². The zero-order valence-electron chi connectivity index (χ0n) is 6.75. The van der Waals surface area contributed by atoms with E-state index in [0.717, 1.165) is 31.1 Å². The number of carbonyl (C=O) groups excluding carboxylic acids is 1. The number of aldehydes is 1. The Morgan fingerprint density at radius 3 is 2.91 bits per heavy atom. The molecule has 0 aromatic rings. The zero-order chi connectivity index (χ0) is 7.68. The van der Waals surface area contributed by atoms with Gasteiger partial charge in [0.05, 0.1) is 0 Å². The van der Waals surface area contributed by atoms with Crippen LogP contribution in [0.15, 0.2) is 0 Å². The second kappa shape index (κ2) is 2.94. The Kier molecular flexibility index (Phi) is 1.95. The van der Waals surface area contributed by atoms with Crippen molar-refractivity contribution in [2.75, 3.05) is 13.1 Å². The molecule has 0 aromatic heterocycles. The summed E-state index contributed by atoms with van der Waals surface area (Å²) >= 11 is 0.